The predicted molar refractivity (Wildman–Crippen MR) is 122 cm³/mol. The number of pyridine rings is 1. The standard InChI is InChI=1S/C26H26N2O4/c1-32-24-7-3-2-5-21(24)17-9-11-18(12-10-17)26(31)27-14-19-13-20(15-27)23(16-29)28-22(19)6-4-8-25(28)30/h2-12,19-20,23,29H,13-16H2,1H3/t19-,20+,23+/m1/s1. The van der Waals surface area contributed by atoms with E-state index in [1.54, 1.807) is 23.8 Å². The molecule has 5 rings (SSSR count). The first-order valence-electron chi connectivity index (χ1n) is 11.0. The molecule has 1 saturated heterocycles. The summed E-state index contributed by atoms with van der Waals surface area (Å²) in [6.07, 6.45) is 0.880. The highest BCUT2D eigenvalue weighted by Crippen LogP contribution is 2.41. The molecule has 2 aliphatic heterocycles. The van der Waals surface area contributed by atoms with E-state index in [4.69, 9.17) is 4.74 Å². The summed E-state index contributed by atoms with van der Waals surface area (Å²) >= 11 is 0. The van der Waals surface area contributed by atoms with E-state index in [0.717, 1.165) is 29.0 Å². The highest BCUT2D eigenvalue weighted by atomic mass is 16.5. The molecule has 0 saturated carbocycles. The van der Waals surface area contributed by atoms with E-state index < -0.39 is 0 Å². The van der Waals surface area contributed by atoms with Crippen molar-refractivity contribution in [2.24, 2.45) is 5.92 Å². The number of hydrogen-bond donors (Lipinski definition) is 1. The Hall–Kier alpha value is -3.38. The molecule has 0 radical (unpaired) electrons. The lowest BCUT2D eigenvalue weighted by atomic mass is 9.78. The molecular formula is C26H26N2O4. The number of carbonyl (C=O) groups excluding carboxylic acids is 1. The fourth-order valence-corrected chi connectivity index (χ4v) is 5.30. The Kier molecular flexibility index (Phi) is 5.31. The first-order valence-corrected chi connectivity index (χ1v) is 11.0. The number of likely N-dealkylation sites (tertiary alicyclic amines) is 1. The van der Waals surface area contributed by atoms with Crippen LogP contribution in [-0.2, 0) is 0 Å². The molecule has 1 aromatic heterocycles. The van der Waals surface area contributed by atoms with Gasteiger partial charge in [-0.05, 0) is 36.2 Å². The van der Waals surface area contributed by atoms with E-state index in [0.29, 0.717) is 18.7 Å². The lowest BCUT2D eigenvalue weighted by Gasteiger charge is -2.46. The number of ether oxygens (including phenoxy) is 1. The monoisotopic (exact) mass is 430 g/mol. The fraction of sp³-hybridized carbons (Fsp3) is 0.308. The van der Waals surface area contributed by atoms with Gasteiger partial charge >= 0.3 is 0 Å². The zero-order chi connectivity index (χ0) is 22.2. The van der Waals surface area contributed by atoms with Crippen molar-refractivity contribution in [3.05, 3.63) is 88.3 Å². The van der Waals surface area contributed by atoms with Crippen LogP contribution in [-0.4, -0.2) is 47.3 Å². The van der Waals surface area contributed by atoms with Crippen molar-refractivity contribution in [3.63, 3.8) is 0 Å². The molecule has 164 valence electrons. The van der Waals surface area contributed by atoms with Crippen LogP contribution in [0.4, 0.5) is 0 Å². The van der Waals surface area contributed by atoms with Crippen molar-refractivity contribution in [2.45, 2.75) is 18.4 Å². The first kappa shape index (κ1) is 20.5. The summed E-state index contributed by atoms with van der Waals surface area (Å²) in [5, 5.41) is 10.0. The average molecular weight is 431 g/mol. The minimum Gasteiger partial charge on any atom is -0.496 e. The Labute approximate surface area is 186 Å². The van der Waals surface area contributed by atoms with Crippen molar-refractivity contribution >= 4 is 5.91 Å². The highest BCUT2D eigenvalue weighted by molar-refractivity contribution is 5.95. The van der Waals surface area contributed by atoms with Crippen LogP contribution in [0.15, 0.2) is 71.5 Å². The Balaban J connectivity index is 1.41. The first-order chi connectivity index (χ1) is 15.6. The number of piperidine rings is 1. The van der Waals surface area contributed by atoms with Gasteiger partial charge < -0.3 is 19.3 Å². The maximum Gasteiger partial charge on any atom is 0.253 e. The largest absolute Gasteiger partial charge is 0.496 e. The summed E-state index contributed by atoms with van der Waals surface area (Å²) < 4.78 is 7.19. The van der Waals surface area contributed by atoms with Gasteiger partial charge in [0.15, 0.2) is 0 Å². The molecule has 1 fully saturated rings. The summed E-state index contributed by atoms with van der Waals surface area (Å²) in [4.78, 5) is 27.7. The number of benzene rings is 2. The summed E-state index contributed by atoms with van der Waals surface area (Å²) in [7, 11) is 1.65. The van der Waals surface area contributed by atoms with Gasteiger partial charge in [0.1, 0.15) is 5.75 Å². The second-order valence-electron chi connectivity index (χ2n) is 8.59. The van der Waals surface area contributed by atoms with Gasteiger partial charge in [0, 0.05) is 47.8 Å². The average Bonchev–Trinajstić information content (AvgIpc) is 2.84. The van der Waals surface area contributed by atoms with Gasteiger partial charge in [-0.3, -0.25) is 9.59 Å². The molecule has 6 heteroatoms. The molecular weight excluding hydrogens is 404 g/mol. The van der Waals surface area contributed by atoms with Gasteiger partial charge in [-0.25, -0.2) is 0 Å². The molecule has 32 heavy (non-hydrogen) atoms. The number of aromatic nitrogens is 1. The third-order valence-electron chi connectivity index (χ3n) is 6.82. The molecule has 1 N–H and O–H groups in total. The third kappa shape index (κ3) is 3.41. The van der Waals surface area contributed by atoms with Crippen LogP contribution in [0.3, 0.4) is 0 Å². The Morgan fingerprint density at radius 1 is 1.03 bits per heavy atom. The SMILES string of the molecule is COc1ccccc1-c1ccc(C(=O)N2C[C@H]3C[C@@H](C2)[C@H](CO)n2c3cccc2=O)cc1. The smallest absolute Gasteiger partial charge is 0.253 e. The van der Waals surface area contributed by atoms with Gasteiger partial charge in [-0.15, -0.1) is 0 Å². The maximum absolute atomic E-state index is 13.3. The second kappa shape index (κ2) is 8.28. The zero-order valence-corrected chi connectivity index (χ0v) is 18.0. The summed E-state index contributed by atoms with van der Waals surface area (Å²) in [5.74, 6) is 0.930. The number of amides is 1. The van der Waals surface area contributed by atoms with E-state index >= 15 is 0 Å². The van der Waals surface area contributed by atoms with Crippen LogP contribution >= 0.6 is 0 Å². The van der Waals surface area contributed by atoms with Crippen LogP contribution < -0.4 is 10.3 Å². The molecule has 0 spiro atoms. The molecule has 1 amide bonds. The van der Waals surface area contributed by atoms with Gasteiger partial charge in [0.2, 0.25) is 0 Å². The number of carbonyl (C=O) groups is 1. The molecule has 3 atom stereocenters. The molecule has 2 bridgehead atoms. The normalized spacial score (nSPS) is 21.7. The quantitative estimate of drug-likeness (QED) is 0.689. The Morgan fingerprint density at radius 2 is 1.81 bits per heavy atom. The third-order valence-corrected chi connectivity index (χ3v) is 6.82. The Bertz CT molecular complexity index is 1200. The maximum atomic E-state index is 13.3. The van der Waals surface area contributed by atoms with Crippen molar-refractivity contribution in [3.8, 4) is 16.9 Å². The predicted octanol–water partition coefficient (Wildman–Crippen LogP) is 3.32. The lowest BCUT2D eigenvalue weighted by molar-refractivity contribution is 0.0437. The lowest BCUT2D eigenvalue weighted by Crippen LogP contribution is -2.51. The van der Waals surface area contributed by atoms with E-state index in [1.807, 2.05) is 59.5 Å². The zero-order valence-electron chi connectivity index (χ0n) is 18.0. The van der Waals surface area contributed by atoms with E-state index in [9.17, 15) is 14.7 Å². The number of rotatable bonds is 4. The number of para-hydroxylation sites is 1. The number of hydrogen-bond acceptors (Lipinski definition) is 4. The van der Waals surface area contributed by atoms with Gasteiger partial charge in [-0.2, -0.15) is 0 Å². The number of aliphatic hydroxyl groups is 1. The number of nitrogens with zero attached hydrogens (tertiary/aromatic N) is 2. The van der Waals surface area contributed by atoms with Crippen LogP contribution in [0.5, 0.6) is 5.75 Å². The molecule has 0 aliphatic carbocycles. The highest BCUT2D eigenvalue weighted by Gasteiger charge is 2.41. The molecule has 0 unspecified atom stereocenters. The van der Waals surface area contributed by atoms with Gasteiger partial charge in [0.05, 0.1) is 19.8 Å². The fourth-order valence-electron chi connectivity index (χ4n) is 5.30. The van der Waals surface area contributed by atoms with Crippen molar-refractivity contribution in [2.75, 3.05) is 26.8 Å². The molecule has 3 aromatic rings. The minimum absolute atomic E-state index is 0.0188. The summed E-state index contributed by atoms with van der Waals surface area (Å²) in [6.45, 7) is 1.00. The molecule has 3 heterocycles. The van der Waals surface area contributed by atoms with Crippen LogP contribution in [0, 0.1) is 5.92 Å². The summed E-state index contributed by atoms with van der Waals surface area (Å²) in [5.41, 5.74) is 3.44. The van der Waals surface area contributed by atoms with E-state index in [1.165, 1.54) is 0 Å². The van der Waals surface area contributed by atoms with Gasteiger partial charge in [-0.1, -0.05) is 36.4 Å². The van der Waals surface area contributed by atoms with Crippen molar-refractivity contribution in [1.82, 2.24) is 9.47 Å². The van der Waals surface area contributed by atoms with Crippen molar-refractivity contribution < 1.29 is 14.6 Å². The topological polar surface area (TPSA) is 71.8 Å². The minimum atomic E-state index is -0.293. The van der Waals surface area contributed by atoms with Crippen molar-refractivity contribution in [1.29, 1.82) is 0 Å². The van der Waals surface area contributed by atoms with Crippen LogP contribution in [0.2, 0.25) is 0 Å². The van der Waals surface area contributed by atoms with Crippen LogP contribution in [0.25, 0.3) is 11.1 Å². The van der Waals surface area contributed by atoms with E-state index in [2.05, 4.69) is 0 Å². The molecule has 6 nitrogen and oxygen atoms in total. The number of fused-ring (bicyclic) bond motifs is 4. The van der Waals surface area contributed by atoms with E-state index in [-0.39, 0.29) is 36.0 Å². The van der Waals surface area contributed by atoms with Gasteiger partial charge in [0.25, 0.3) is 11.5 Å². The number of methoxy groups -OCH3 is 1. The number of aliphatic hydroxyl groups excluding tert-OH is 1. The molecule has 2 aliphatic rings. The second-order valence-corrected chi connectivity index (χ2v) is 8.59. The van der Waals surface area contributed by atoms with Crippen LogP contribution in [0.1, 0.15) is 34.4 Å². The summed E-state index contributed by atoms with van der Waals surface area (Å²) in [6, 6.07) is 20.4. The molecule has 2 aromatic carbocycles. The Morgan fingerprint density at radius 3 is 2.56 bits per heavy atom.